The Hall–Kier alpha value is -1.43. The van der Waals surface area contributed by atoms with Crippen LogP contribution in [-0.2, 0) is 0 Å². The first-order chi connectivity index (χ1) is 9.08. The highest BCUT2D eigenvalue weighted by molar-refractivity contribution is 7.98. The number of aromatic nitrogens is 2. The number of nitrogens with zero attached hydrogens (tertiary/aromatic N) is 2. The maximum atomic E-state index is 13.6. The Kier molecular flexibility index (Phi) is 4.19. The lowest BCUT2D eigenvalue weighted by atomic mass is 10.2. The zero-order valence-corrected chi connectivity index (χ0v) is 12.1. The van der Waals surface area contributed by atoms with Crippen molar-refractivity contribution >= 4 is 28.7 Å². The Labute approximate surface area is 116 Å². The summed E-state index contributed by atoms with van der Waals surface area (Å²) in [6.07, 6.45) is 3.05. The van der Waals surface area contributed by atoms with Gasteiger partial charge in [-0.1, -0.05) is 0 Å². The van der Waals surface area contributed by atoms with Crippen molar-refractivity contribution in [2.75, 3.05) is 24.9 Å². The summed E-state index contributed by atoms with van der Waals surface area (Å²) in [6, 6.07) is 3.24. The van der Waals surface area contributed by atoms with Crippen LogP contribution in [0.5, 0.6) is 5.75 Å². The normalized spacial score (nSPS) is 12.8. The summed E-state index contributed by atoms with van der Waals surface area (Å²) >= 11 is 1.79. The van der Waals surface area contributed by atoms with Crippen molar-refractivity contribution in [3.05, 3.63) is 17.9 Å². The third-order valence-electron chi connectivity index (χ3n) is 3.17. The minimum absolute atomic E-state index is 0.214. The van der Waals surface area contributed by atoms with Crippen molar-refractivity contribution in [1.82, 2.24) is 9.55 Å². The van der Waals surface area contributed by atoms with Crippen LogP contribution in [0.2, 0.25) is 0 Å². The van der Waals surface area contributed by atoms with Crippen LogP contribution in [0.1, 0.15) is 19.4 Å². The van der Waals surface area contributed by atoms with E-state index in [2.05, 4.69) is 18.2 Å². The van der Waals surface area contributed by atoms with Crippen molar-refractivity contribution in [2.24, 2.45) is 0 Å². The number of anilines is 1. The molecule has 0 aliphatic rings. The van der Waals surface area contributed by atoms with E-state index in [-0.39, 0.29) is 11.8 Å². The first-order valence-electron chi connectivity index (χ1n) is 6.08. The standard InChI is InChI=1S/C13H18FN3OS/c1-8(4-5-19-3)17-11-7-12(18-2)9(14)6-10(11)16-13(17)15/h6-8H,4-5H2,1-3H3,(H2,15,16). The zero-order valence-electron chi connectivity index (χ0n) is 11.3. The predicted octanol–water partition coefficient (Wildman–Crippen LogP) is 3.08. The van der Waals surface area contributed by atoms with Crippen LogP contribution in [0.4, 0.5) is 10.3 Å². The van der Waals surface area contributed by atoms with E-state index in [0.717, 1.165) is 17.7 Å². The molecule has 0 amide bonds. The lowest BCUT2D eigenvalue weighted by Gasteiger charge is -2.15. The van der Waals surface area contributed by atoms with Gasteiger partial charge < -0.3 is 15.0 Å². The first kappa shape index (κ1) is 14.0. The van der Waals surface area contributed by atoms with E-state index in [1.54, 1.807) is 17.8 Å². The smallest absolute Gasteiger partial charge is 0.201 e. The average molecular weight is 283 g/mol. The topological polar surface area (TPSA) is 53.1 Å². The third kappa shape index (κ3) is 2.63. The van der Waals surface area contributed by atoms with Gasteiger partial charge in [0.2, 0.25) is 5.95 Å². The van der Waals surface area contributed by atoms with Crippen LogP contribution in [0.25, 0.3) is 11.0 Å². The van der Waals surface area contributed by atoms with Gasteiger partial charge in [0, 0.05) is 18.2 Å². The van der Waals surface area contributed by atoms with Crippen LogP contribution in [0.15, 0.2) is 12.1 Å². The number of fused-ring (bicyclic) bond motifs is 1. The van der Waals surface area contributed by atoms with Gasteiger partial charge in [0.15, 0.2) is 11.6 Å². The highest BCUT2D eigenvalue weighted by atomic mass is 32.2. The number of thioether (sulfide) groups is 1. The molecule has 0 aliphatic carbocycles. The minimum atomic E-state index is -0.420. The molecule has 0 saturated carbocycles. The molecule has 0 radical (unpaired) electrons. The van der Waals surface area contributed by atoms with Crippen LogP contribution >= 0.6 is 11.8 Å². The molecule has 1 aromatic carbocycles. The van der Waals surface area contributed by atoms with Gasteiger partial charge in [-0.15, -0.1) is 0 Å². The number of hydrogen-bond acceptors (Lipinski definition) is 4. The number of methoxy groups -OCH3 is 1. The molecule has 104 valence electrons. The number of ether oxygens (including phenoxy) is 1. The van der Waals surface area contributed by atoms with Gasteiger partial charge in [0.25, 0.3) is 0 Å². The second-order valence-corrected chi connectivity index (χ2v) is 5.43. The van der Waals surface area contributed by atoms with E-state index in [1.165, 1.54) is 13.2 Å². The summed E-state index contributed by atoms with van der Waals surface area (Å²) in [5.41, 5.74) is 7.32. The molecule has 2 N–H and O–H groups in total. The molecule has 1 heterocycles. The molecule has 1 aromatic heterocycles. The number of benzene rings is 1. The summed E-state index contributed by atoms with van der Waals surface area (Å²) in [5, 5.41) is 0. The van der Waals surface area contributed by atoms with E-state index in [4.69, 9.17) is 10.5 Å². The van der Waals surface area contributed by atoms with Gasteiger partial charge in [-0.05, 0) is 25.4 Å². The lowest BCUT2D eigenvalue weighted by Crippen LogP contribution is -2.09. The second-order valence-electron chi connectivity index (χ2n) is 4.45. The van der Waals surface area contributed by atoms with E-state index >= 15 is 0 Å². The Morgan fingerprint density at radius 1 is 1.53 bits per heavy atom. The first-order valence-corrected chi connectivity index (χ1v) is 7.47. The fourth-order valence-electron chi connectivity index (χ4n) is 2.15. The molecule has 0 aliphatic heterocycles. The van der Waals surface area contributed by atoms with Crippen molar-refractivity contribution in [2.45, 2.75) is 19.4 Å². The second kappa shape index (κ2) is 5.69. The molecule has 1 atom stereocenters. The van der Waals surface area contributed by atoms with Crippen LogP contribution in [-0.4, -0.2) is 28.7 Å². The van der Waals surface area contributed by atoms with Gasteiger partial charge >= 0.3 is 0 Å². The summed E-state index contributed by atoms with van der Waals surface area (Å²) in [7, 11) is 1.45. The van der Waals surface area contributed by atoms with E-state index in [1.807, 2.05) is 4.57 Å². The Balaban J connectivity index is 2.50. The van der Waals surface area contributed by atoms with Gasteiger partial charge in [-0.25, -0.2) is 9.37 Å². The Morgan fingerprint density at radius 3 is 2.89 bits per heavy atom. The van der Waals surface area contributed by atoms with Crippen LogP contribution < -0.4 is 10.5 Å². The van der Waals surface area contributed by atoms with Gasteiger partial charge in [-0.2, -0.15) is 11.8 Å². The molecule has 19 heavy (non-hydrogen) atoms. The van der Waals surface area contributed by atoms with Gasteiger partial charge in [-0.3, -0.25) is 0 Å². The molecular formula is C13H18FN3OS. The fourth-order valence-corrected chi connectivity index (χ4v) is 2.73. The molecule has 1 unspecified atom stereocenters. The van der Waals surface area contributed by atoms with E-state index in [0.29, 0.717) is 11.5 Å². The molecule has 0 spiro atoms. The Morgan fingerprint density at radius 2 is 2.26 bits per heavy atom. The highest BCUT2D eigenvalue weighted by Gasteiger charge is 2.16. The third-order valence-corrected chi connectivity index (χ3v) is 3.81. The predicted molar refractivity (Wildman–Crippen MR) is 78.4 cm³/mol. The maximum Gasteiger partial charge on any atom is 0.201 e. The summed E-state index contributed by atoms with van der Waals surface area (Å²) in [5.74, 6) is 1.25. The van der Waals surface area contributed by atoms with Gasteiger partial charge in [0.1, 0.15) is 0 Å². The molecule has 0 fully saturated rings. The summed E-state index contributed by atoms with van der Waals surface area (Å²) < 4.78 is 20.6. The molecule has 2 aromatic rings. The Bertz CT molecular complexity index is 585. The largest absolute Gasteiger partial charge is 0.494 e. The number of halogens is 1. The SMILES string of the molecule is COc1cc2c(cc1F)nc(N)n2C(C)CCSC. The summed E-state index contributed by atoms with van der Waals surface area (Å²) in [4.78, 5) is 4.22. The number of rotatable bonds is 5. The number of imidazole rings is 1. The highest BCUT2D eigenvalue weighted by Crippen LogP contribution is 2.30. The number of hydrogen-bond donors (Lipinski definition) is 1. The quantitative estimate of drug-likeness (QED) is 0.916. The molecule has 4 nitrogen and oxygen atoms in total. The lowest BCUT2D eigenvalue weighted by molar-refractivity contribution is 0.387. The monoisotopic (exact) mass is 283 g/mol. The van der Waals surface area contributed by atoms with Crippen LogP contribution in [0.3, 0.4) is 0 Å². The molecule has 6 heteroatoms. The van der Waals surface area contributed by atoms with Crippen molar-refractivity contribution in [3.63, 3.8) is 0 Å². The van der Waals surface area contributed by atoms with Crippen molar-refractivity contribution < 1.29 is 9.13 Å². The maximum absolute atomic E-state index is 13.6. The molecule has 0 saturated heterocycles. The van der Waals surface area contributed by atoms with E-state index in [9.17, 15) is 4.39 Å². The van der Waals surface area contributed by atoms with E-state index < -0.39 is 5.82 Å². The summed E-state index contributed by atoms with van der Waals surface area (Å²) in [6.45, 7) is 2.09. The molecule has 0 bridgehead atoms. The van der Waals surface area contributed by atoms with Crippen molar-refractivity contribution in [1.29, 1.82) is 0 Å². The van der Waals surface area contributed by atoms with Crippen molar-refractivity contribution in [3.8, 4) is 5.75 Å². The molecular weight excluding hydrogens is 265 g/mol. The average Bonchev–Trinajstić information content (AvgIpc) is 2.69. The zero-order chi connectivity index (χ0) is 14.0. The fraction of sp³-hybridized carbons (Fsp3) is 0.462. The number of nitrogens with two attached hydrogens (primary N) is 1. The van der Waals surface area contributed by atoms with Gasteiger partial charge in [0.05, 0.1) is 18.1 Å². The molecule has 2 rings (SSSR count). The minimum Gasteiger partial charge on any atom is -0.494 e. The number of nitrogen functional groups attached to an aromatic ring is 1. The van der Waals surface area contributed by atoms with Crippen LogP contribution in [0, 0.1) is 5.82 Å².